The first-order valence-corrected chi connectivity index (χ1v) is 5.59. The zero-order valence-electron chi connectivity index (χ0n) is 10.5. The van der Waals surface area contributed by atoms with Crippen molar-refractivity contribution in [2.45, 2.75) is 25.7 Å². The standard InChI is InChI=1S/C12H9F7O2/c1-2-21-9(20)5-6-7(11(14,15)16)3-4-8(13)10(6)12(17,18)19/h3-4H,2,5H2,1H3. The van der Waals surface area contributed by atoms with E-state index in [0.29, 0.717) is 0 Å². The minimum absolute atomic E-state index is 0.0697. The van der Waals surface area contributed by atoms with Crippen LogP contribution < -0.4 is 0 Å². The van der Waals surface area contributed by atoms with Crippen molar-refractivity contribution in [3.8, 4) is 0 Å². The Kier molecular flexibility index (Phi) is 4.85. The maximum atomic E-state index is 13.3. The fourth-order valence-electron chi connectivity index (χ4n) is 1.73. The number of ether oxygens (including phenoxy) is 1. The van der Waals surface area contributed by atoms with E-state index in [-0.39, 0.29) is 18.7 Å². The van der Waals surface area contributed by atoms with Gasteiger partial charge in [-0.25, -0.2) is 4.39 Å². The van der Waals surface area contributed by atoms with Crippen LogP contribution in [0.3, 0.4) is 0 Å². The summed E-state index contributed by atoms with van der Waals surface area (Å²) in [5, 5.41) is 0. The van der Waals surface area contributed by atoms with Crippen molar-refractivity contribution in [3.63, 3.8) is 0 Å². The first kappa shape index (κ1) is 17.3. The second-order valence-electron chi connectivity index (χ2n) is 3.93. The lowest BCUT2D eigenvalue weighted by Gasteiger charge is -2.18. The predicted octanol–water partition coefficient (Wildman–Crippen LogP) is 3.97. The molecule has 1 aromatic carbocycles. The fraction of sp³-hybridized carbons (Fsp3) is 0.417. The summed E-state index contributed by atoms with van der Waals surface area (Å²) in [5.41, 5.74) is -5.30. The third-order valence-electron chi connectivity index (χ3n) is 2.48. The van der Waals surface area contributed by atoms with Gasteiger partial charge < -0.3 is 4.74 Å². The smallest absolute Gasteiger partial charge is 0.419 e. The van der Waals surface area contributed by atoms with Gasteiger partial charge in [0.25, 0.3) is 0 Å². The minimum Gasteiger partial charge on any atom is -0.466 e. The number of carbonyl (C=O) groups is 1. The summed E-state index contributed by atoms with van der Waals surface area (Å²) in [6.07, 6.45) is -11.8. The second kappa shape index (κ2) is 5.90. The fourth-order valence-corrected chi connectivity index (χ4v) is 1.73. The molecule has 1 rings (SSSR count). The monoisotopic (exact) mass is 318 g/mol. The van der Waals surface area contributed by atoms with Crippen LogP contribution in [0.15, 0.2) is 12.1 Å². The average molecular weight is 318 g/mol. The molecule has 21 heavy (non-hydrogen) atoms. The number of benzene rings is 1. The van der Waals surface area contributed by atoms with E-state index in [0.717, 1.165) is 0 Å². The Morgan fingerprint density at radius 3 is 2.10 bits per heavy atom. The highest BCUT2D eigenvalue weighted by atomic mass is 19.4. The highest BCUT2D eigenvalue weighted by molar-refractivity contribution is 5.74. The zero-order chi connectivity index (χ0) is 16.4. The molecule has 0 amide bonds. The molecule has 0 aliphatic rings. The largest absolute Gasteiger partial charge is 0.466 e. The highest BCUT2D eigenvalue weighted by Crippen LogP contribution is 2.41. The molecule has 0 aliphatic heterocycles. The topological polar surface area (TPSA) is 26.3 Å². The first-order chi connectivity index (χ1) is 9.48. The van der Waals surface area contributed by atoms with Gasteiger partial charge in [0.05, 0.1) is 24.2 Å². The molecule has 0 radical (unpaired) electrons. The van der Waals surface area contributed by atoms with Crippen molar-refractivity contribution in [1.82, 2.24) is 0 Å². The molecule has 0 bridgehead atoms. The van der Waals surface area contributed by atoms with Crippen molar-refractivity contribution in [2.75, 3.05) is 6.61 Å². The van der Waals surface area contributed by atoms with Crippen LogP contribution in [0.4, 0.5) is 30.7 Å². The number of hydrogen-bond donors (Lipinski definition) is 0. The molecular formula is C12H9F7O2. The molecule has 118 valence electrons. The second-order valence-corrected chi connectivity index (χ2v) is 3.93. The summed E-state index contributed by atoms with van der Waals surface area (Å²) < 4.78 is 94.1. The Labute approximate surface area is 114 Å². The summed E-state index contributed by atoms with van der Waals surface area (Å²) in [6, 6.07) is 0.236. The van der Waals surface area contributed by atoms with Gasteiger partial charge >= 0.3 is 18.3 Å². The average Bonchev–Trinajstić information content (AvgIpc) is 2.25. The SMILES string of the molecule is CCOC(=O)Cc1c(C(F)(F)F)ccc(F)c1C(F)(F)F. The van der Waals surface area contributed by atoms with E-state index in [1.54, 1.807) is 0 Å². The van der Waals surface area contributed by atoms with E-state index < -0.39 is 47.3 Å². The Morgan fingerprint density at radius 1 is 1.10 bits per heavy atom. The first-order valence-electron chi connectivity index (χ1n) is 5.59. The summed E-state index contributed by atoms with van der Waals surface area (Å²) in [5.74, 6) is -3.19. The molecule has 0 N–H and O–H groups in total. The number of alkyl halides is 6. The molecule has 9 heteroatoms. The Bertz CT molecular complexity index is 532. The molecule has 0 aliphatic carbocycles. The number of rotatable bonds is 3. The lowest BCUT2D eigenvalue weighted by Crippen LogP contribution is -2.21. The molecule has 0 heterocycles. The number of esters is 1. The van der Waals surface area contributed by atoms with E-state index >= 15 is 0 Å². The molecule has 0 atom stereocenters. The van der Waals surface area contributed by atoms with Gasteiger partial charge in [0.2, 0.25) is 0 Å². The summed E-state index contributed by atoms with van der Waals surface area (Å²) in [6.45, 7) is 1.11. The predicted molar refractivity (Wildman–Crippen MR) is 56.7 cm³/mol. The normalized spacial score (nSPS) is 12.4. The maximum absolute atomic E-state index is 13.3. The van der Waals surface area contributed by atoms with Crippen LogP contribution in [-0.2, 0) is 28.3 Å². The van der Waals surface area contributed by atoms with E-state index in [2.05, 4.69) is 4.74 Å². The Balaban J connectivity index is 3.52. The molecule has 0 fully saturated rings. The van der Waals surface area contributed by atoms with Crippen LogP contribution in [-0.4, -0.2) is 12.6 Å². The third-order valence-corrected chi connectivity index (χ3v) is 2.48. The minimum atomic E-state index is -5.37. The zero-order valence-corrected chi connectivity index (χ0v) is 10.5. The molecule has 1 aromatic rings. The number of carbonyl (C=O) groups excluding carboxylic acids is 1. The van der Waals surface area contributed by atoms with Crippen LogP contribution in [0.2, 0.25) is 0 Å². The van der Waals surface area contributed by atoms with E-state index in [1.807, 2.05) is 0 Å². The third kappa shape index (κ3) is 4.08. The van der Waals surface area contributed by atoms with Crippen LogP contribution in [0.25, 0.3) is 0 Å². The van der Waals surface area contributed by atoms with Gasteiger partial charge in [-0.3, -0.25) is 4.79 Å². The molecule has 0 saturated carbocycles. The van der Waals surface area contributed by atoms with Crippen molar-refractivity contribution in [3.05, 3.63) is 34.6 Å². The molecular weight excluding hydrogens is 309 g/mol. The van der Waals surface area contributed by atoms with E-state index in [4.69, 9.17) is 0 Å². The number of halogens is 7. The van der Waals surface area contributed by atoms with Gasteiger partial charge in [-0.2, -0.15) is 26.3 Å². The maximum Gasteiger partial charge on any atom is 0.419 e. The summed E-state index contributed by atoms with van der Waals surface area (Å²) in [4.78, 5) is 11.2. The lowest BCUT2D eigenvalue weighted by molar-refractivity contribution is -0.147. The van der Waals surface area contributed by atoms with Gasteiger partial charge in [0.1, 0.15) is 5.82 Å². The molecule has 0 spiro atoms. The lowest BCUT2D eigenvalue weighted by atomic mass is 9.96. The molecule has 0 saturated heterocycles. The summed E-state index contributed by atoms with van der Waals surface area (Å²) >= 11 is 0. The van der Waals surface area contributed by atoms with Crippen LogP contribution in [0, 0.1) is 5.82 Å². The van der Waals surface area contributed by atoms with Crippen molar-refractivity contribution < 1.29 is 40.3 Å². The van der Waals surface area contributed by atoms with Crippen molar-refractivity contribution >= 4 is 5.97 Å². The summed E-state index contributed by atoms with van der Waals surface area (Å²) in [7, 11) is 0. The quantitative estimate of drug-likeness (QED) is 0.623. The Morgan fingerprint density at radius 2 is 1.67 bits per heavy atom. The van der Waals surface area contributed by atoms with Gasteiger partial charge in [-0.15, -0.1) is 0 Å². The number of hydrogen-bond acceptors (Lipinski definition) is 2. The molecule has 0 unspecified atom stereocenters. The molecule has 2 nitrogen and oxygen atoms in total. The van der Waals surface area contributed by atoms with Crippen LogP contribution in [0.1, 0.15) is 23.6 Å². The highest BCUT2D eigenvalue weighted by Gasteiger charge is 2.43. The van der Waals surface area contributed by atoms with Crippen molar-refractivity contribution in [1.29, 1.82) is 0 Å². The van der Waals surface area contributed by atoms with Gasteiger partial charge in [-0.05, 0) is 24.6 Å². The van der Waals surface area contributed by atoms with E-state index in [1.165, 1.54) is 6.92 Å². The molecule has 0 aromatic heterocycles. The van der Waals surface area contributed by atoms with Crippen molar-refractivity contribution in [2.24, 2.45) is 0 Å². The van der Waals surface area contributed by atoms with Crippen LogP contribution >= 0.6 is 0 Å². The van der Waals surface area contributed by atoms with Gasteiger partial charge in [0.15, 0.2) is 0 Å². The van der Waals surface area contributed by atoms with Gasteiger partial charge in [0, 0.05) is 0 Å². The van der Waals surface area contributed by atoms with Gasteiger partial charge in [-0.1, -0.05) is 0 Å². The van der Waals surface area contributed by atoms with Crippen LogP contribution in [0.5, 0.6) is 0 Å². The Hall–Kier alpha value is -1.80. The van der Waals surface area contributed by atoms with E-state index in [9.17, 15) is 35.5 Å².